The molecule has 0 unspecified atom stereocenters. The number of likely N-dealkylation sites (N-methyl/N-ethyl adjacent to an activating group) is 1. The standard InChI is InChI=1S/C15H21N5O/c1-11-5-4-6-13(16)15(11)18-14(21)10-19(2)8-12-7-17-20(3)9-12/h4-7,9H,8,10,16H2,1-3H3,(H,18,21). The van der Waals surface area contributed by atoms with Crippen molar-refractivity contribution in [2.24, 2.45) is 7.05 Å². The lowest BCUT2D eigenvalue weighted by molar-refractivity contribution is -0.117. The number of nitrogens with two attached hydrogens (primary N) is 1. The van der Waals surface area contributed by atoms with E-state index in [2.05, 4.69) is 10.4 Å². The maximum Gasteiger partial charge on any atom is 0.238 e. The third-order valence-electron chi connectivity index (χ3n) is 3.19. The Morgan fingerprint density at radius 1 is 1.48 bits per heavy atom. The van der Waals surface area contributed by atoms with E-state index in [1.54, 1.807) is 16.9 Å². The third-order valence-corrected chi connectivity index (χ3v) is 3.19. The summed E-state index contributed by atoms with van der Waals surface area (Å²) in [6, 6.07) is 5.57. The molecule has 6 heteroatoms. The van der Waals surface area contributed by atoms with Crippen molar-refractivity contribution in [3.8, 4) is 0 Å². The Kier molecular flexibility index (Phi) is 4.59. The molecule has 0 saturated heterocycles. The minimum absolute atomic E-state index is 0.0811. The molecule has 0 aliphatic heterocycles. The van der Waals surface area contributed by atoms with Gasteiger partial charge in [-0.1, -0.05) is 12.1 Å². The highest BCUT2D eigenvalue weighted by Gasteiger charge is 2.11. The maximum atomic E-state index is 12.1. The molecule has 2 aromatic rings. The van der Waals surface area contributed by atoms with Crippen molar-refractivity contribution in [2.75, 3.05) is 24.6 Å². The molecule has 0 bridgehead atoms. The van der Waals surface area contributed by atoms with Crippen molar-refractivity contribution in [2.45, 2.75) is 13.5 Å². The van der Waals surface area contributed by atoms with Crippen molar-refractivity contribution < 1.29 is 4.79 Å². The fourth-order valence-corrected chi connectivity index (χ4v) is 2.21. The first-order valence-corrected chi connectivity index (χ1v) is 6.76. The Hall–Kier alpha value is -2.34. The molecule has 6 nitrogen and oxygen atoms in total. The van der Waals surface area contributed by atoms with Crippen LogP contribution in [0.5, 0.6) is 0 Å². The molecule has 0 fully saturated rings. The summed E-state index contributed by atoms with van der Waals surface area (Å²) < 4.78 is 1.75. The van der Waals surface area contributed by atoms with Crippen LogP contribution in [-0.2, 0) is 18.4 Å². The minimum Gasteiger partial charge on any atom is -0.397 e. The highest BCUT2D eigenvalue weighted by atomic mass is 16.2. The highest BCUT2D eigenvalue weighted by molar-refractivity contribution is 5.96. The number of nitrogens with one attached hydrogen (secondary N) is 1. The molecule has 2 rings (SSSR count). The maximum absolute atomic E-state index is 12.1. The summed E-state index contributed by atoms with van der Waals surface area (Å²) in [5.74, 6) is -0.0811. The Labute approximate surface area is 124 Å². The number of carbonyl (C=O) groups is 1. The van der Waals surface area contributed by atoms with Gasteiger partial charge in [-0.15, -0.1) is 0 Å². The number of benzene rings is 1. The van der Waals surface area contributed by atoms with Gasteiger partial charge in [-0.2, -0.15) is 5.10 Å². The smallest absolute Gasteiger partial charge is 0.238 e. The average Bonchev–Trinajstić information content (AvgIpc) is 2.79. The van der Waals surface area contributed by atoms with E-state index in [0.29, 0.717) is 24.5 Å². The average molecular weight is 287 g/mol. The summed E-state index contributed by atoms with van der Waals surface area (Å²) >= 11 is 0. The molecule has 0 aliphatic rings. The largest absolute Gasteiger partial charge is 0.397 e. The van der Waals surface area contributed by atoms with Gasteiger partial charge < -0.3 is 11.1 Å². The first-order valence-electron chi connectivity index (χ1n) is 6.76. The van der Waals surface area contributed by atoms with Gasteiger partial charge in [-0.3, -0.25) is 14.4 Å². The molecule has 0 saturated carbocycles. The number of hydrogen-bond donors (Lipinski definition) is 2. The van der Waals surface area contributed by atoms with Gasteiger partial charge in [0.05, 0.1) is 24.1 Å². The molecule has 1 aromatic carbocycles. The molecule has 21 heavy (non-hydrogen) atoms. The molecule has 1 amide bonds. The Balaban J connectivity index is 1.92. The normalized spacial score (nSPS) is 10.9. The Bertz CT molecular complexity index is 614. The quantitative estimate of drug-likeness (QED) is 0.815. The van der Waals surface area contributed by atoms with Crippen LogP contribution in [0.4, 0.5) is 11.4 Å². The zero-order valence-corrected chi connectivity index (χ0v) is 12.6. The Morgan fingerprint density at radius 2 is 2.24 bits per heavy atom. The predicted molar refractivity (Wildman–Crippen MR) is 83.8 cm³/mol. The van der Waals surface area contributed by atoms with Crippen LogP contribution in [0.3, 0.4) is 0 Å². The molecular weight excluding hydrogens is 266 g/mol. The van der Waals surface area contributed by atoms with E-state index < -0.39 is 0 Å². The van der Waals surface area contributed by atoms with E-state index in [-0.39, 0.29) is 5.91 Å². The topological polar surface area (TPSA) is 76.2 Å². The first kappa shape index (κ1) is 15.1. The zero-order valence-electron chi connectivity index (χ0n) is 12.6. The second-order valence-corrected chi connectivity index (χ2v) is 5.28. The van der Waals surface area contributed by atoms with E-state index in [4.69, 9.17) is 5.73 Å². The number of rotatable bonds is 5. The minimum atomic E-state index is -0.0811. The summed E-state index contributed by atoms with van der Waals surface area (Å²) in [5.41, 5.74) is 9.19. The fourth-order valence-electron chi connectivity index (χ4n) is 2.21. The van der Waals surface area contributed by atoms with E-state index in [9.17, 15) is 4.79 Å². The van der Waals surface area contributed by atoms with Crippen molar-refractivity contribution in [3.05, 3.63) is 41.7 Å². The highest BCUT2D eigenvalue weighted by Crippen LogP contribution is 2.22. The lowest BCUT2D eigenvalue weighted by atomic mass is 10.1. The third kappa shape index (κ3) is 4.06. The summed E-state index contributed by atoms with van der Waals surface area (Å²) in [5, 5.41) is 6.99. The molecule has 3 N–H and O–H groups in total. The van der Waals surface area contributed by atoms with Crippen LogP contribution in [0.1, 0.15) is 11.1 Å². The van der Waals surface area contributed by atoms with Crippen LogP contribution in [0.15, 0.2) is 30.6 Å². The van der Waals surface area contributed by atoms with Crippen LogP contribution in [0.2, 0.25) is 0 Å². The second kappa shape index (κ2) is 6.41. The van der Waals surface area contributed by atoms with Gasteiger partial charge in [0.25, 0.3) is 0 Å². The number of anilines is 2. The number of aryl methyl sites for hydroxylation is 2. The van der Waals surface area contributed by atoms with Gasteiger partial charge in [0.1, 0.15) is 0 Å². The van der Waals surface area contributed by atoms with E-state index in [1.807, 2.05) is 44.2 Å². The molecule has 112 valence electrons. The van der Waals surface area contributed by atoms with E-state index in [1.165, 1.54) is 0 Å². The number of nitrogen functional groups attached to an aromatic ring is 1. The summed E-state index contributed by atoms with van der Waals surface area (Å²) in [7, 11) is 3.77. The lowest BCUT2D eigenvalue weighted by Gasteiger charge is -2.16. The predicted octanol–water partition coefficient (Wildman–Crippen LogP) is 1.38. The zero-order chi connectivity index (χ0) is 15.4. The first-order chi connectivity index (χ1) is 9.95. The Morgan fingerprint density at radius 3 is 2.86 bits per heavy atom. The summed E-state index contributed by atoms with van der Waals surface area (Å²) in [6.45, 7) is 2.89. The molecule has 0 spiro atoms. The van der Waals surface area contributed by atoms with E-state index in [0.717, 1.165) is 11.1 Å². The molecule has 1 heterocycles. The van der Waals surface area contributed by atoms with Crippen molar-refractivity contribution in [1.82, 2.24) is 14.7 Å². The monoisotopic (exact) mass is 287 g/mol. The van der Waals surface area contributed by atoms with Crippen LogP contribution in [-0.4, -0.2) is 34.2 Å². The van der Waals surface area contributed by atoms with Gasteiger partial charge >= 0.3 is 0 Å². The van der Waals surface area contributed by atoms with E-state index >= 15 is 0 Å². The van der Waals surface area contributed by atoms with Gasteiger partial charge in [-0.05, 0) is 25.6 Å². The number of amides is 1. The fraction of sp³-hybridized carbons (Fsp3) is 0.333. The van der Waals surface area contributed by atoms with Crippen LogP contribution >= 0.6 is 0 Å². The second-order valence-electron chi connectivity index (χ2n) is 5.28. The van der Waals surface area contributed by atoms with Gasteiger partial charge in [-0.25, -0.2) is 0 Å². The van der Waals surface area contributed by atoms with Gasteiger partial charge in [0.2, 0.25) is 5.91 Å². The van der Waals surface area contributed by atoms with Crippen molar-refractivity contribution in [3.63, 3.8) is 0 Å². The van der Waals surface area contributed by atoms with Gasteiger partial charge in [0, 0.05) is 25.4 Å². The number of carbonyl (C=O) groups excluding carboxylic acids is 1. The van der Waals surface area contributed by atoms with Crippen molar-refractivity contribution in [1.29, 1.82) is 0 Å². The lowest BCUT2D eigenvalue weighted by Crippen LogP contribution is -2.30. The summed E-state index contributed by atoms with van der Waals surface area (Å²) in [4.78, 5) is 14.0. The number of hydrogen-bond acceptors (Lipinski definition) is 4. The molecule has 1 aromatic heterocycles. The van der Waals surface area contributed by atoms with Crippen molar-refractivity contribution >= 4 is 17.3 Å². The number of para-hydroxylation sites is 1. The molecular formula is C15H21N5O. The SMILES string of the molecule is Cc1cccc(N)c1NC(=O)CN(C)Cc1cnn(C)c1. The number of aromatic nitrogens is 2. The van der Waals surface area contributed by atoms with Gasteiger partial charge in [0.15, 0.2) is 0 Å². The molecule has 0 radical (unpaired) electrons. The molecule has 0 atom stereocenters. The van der Waals surface area contributed by atoms with Crippen LogP contribution in [0.25, 0.3) is 0 Å². The van der Waals surface area contributed by atoms with Crippen LogP contribution in [0, 0.1) is 6.92 Å². The summed E-state index contributed by atoms with van der Waals surface area (Å²) in [6.07, 6.45) is 3.74. The number of nitrogens with zero attached hydrogens (tertiary/aromatic N) is 3. The molecule has 0 aliphatic carbocycles. The van der Waals surface area contributed by atoms with Crippen LogP contribution < -0.4 is 11.1 Å².